The van der Waals surface area contributed by atoms with Gasteiger partial charge in [0, 0.05) is 33.0 Å². The van der Waals surface area contributed by atoms with Crippen molar-refractivity contribution >= 4 is 17.6 Å². The monoisotopic (exact) mass is 529 g/mol. The van der Waals surface area contributed by atoms with Crippen LogP contribution >= 0.6 is 11.6 Å². The molecule has 1 atom stereocenters. The van der Waals surface area contributed by atoms with Crippen LogP contribution < -0.4 is 0 Å². The van der Waals surface area contributed by atoms with Crippen molar-refractivity contribution in [2.45, 2.75) is 53.2 Å². The van der Waals surface area contributed by atoms with Gasteiger partial charge in [-0.05, 0) is 64.8 Å². The maximum absolute atomic E-state index is 12.5. The van der Waals surface area contributed by atoms with Crippen molar-refractivity contribution in [3.05, 3.63) is 81.8 Å². The standard InChI is InChI=1S/C30H28ClN3O4/c1-16-25(28(29(35)36)37-30(4,5)6)26(20-11-13-22(31)14-12-20)23(15-32)27(33-16)21-9-7-19(8-10-21)24-17(2)34-38-18(24)3/h7-14,28H,1-6H3,(H,35,36)/t28-/m0/s1. The van der Waals surface area contributed by atoms with Gasteiger partial charge in [0.15, 0.2) is 6.10 Å². The number of carbonyl (C=O) groups is 1. The number of carboxylic acid groups (broad SMARTS) is 1. The Kier molecular flexibility index (Phi) is 7.41. The minimum absolute atomic E-state index is 0.252. The average molecular weight is 530 g/mol. The largest absolute Gasteiger partial charge is 0.479 e. The highest BCUT2D eigenvalue weighted by molar-refractivity contribution is 6.30. The number of aryl methyl sites for hydroxylation is 3. The number of aliphatic carboxylic acids is 1. The van der Waals surface area contributed by atoms with Gasteiger partial charge in [-0.2, -0.15) is 5.26 Å². The Labute approximate surface area is 226 Å². The summed E-state index contributed by atoms with van der Waals surface area (Å²) < 4.78 is 11.3. The highest BCUT2D eigenvalue weighted by atomic mass is 35.5. The summed E-state index contributed by atoms with van der Waals surface area (Å²) in [5, 5.41) is 25.1. The van der Waals surface area contributed by atoms with Gasteiger partial charge < -0.3 is 14.4 Å². The summed E-state index contributed by atoms with van der Waals surface area (Å²) in [7, 11) is 0. The molecule has 1 N–H and O–H groups in total. The Morgan fingerprint density at radius 1 is 0.974 bits per heavy atom. The highest BCUT2D eigenvalue weighted by Crippen LogP contribution is 2.41. The molecule has 0 spiro atoms. The van der Waals surface area contributed by atoms with Gasteiger partial charge in [0.2, 0.25) is 0 Å². The molecule has 2 aromatic heterocycles. The van der Waals surface area contributed by atoms with Crippen molar-refractivity contribution in [1.29, 1.82) is 5.26 Å². The first-order valence-corrected chi connectivity index (χ1v) is 12.4. The minimum Gasteiger partial charge on any atom is -0.479 e. The third-order valence-corrected chi connectivity index (χ3v) is 6.36. The van der Waals surface area contributed by atoms with Gasteiger partial charge in [0.05, 0.1) is 22.6 Å². The number of carboxylic acids is 1. The fourth-order valence-electron chi connectivity index (χ4n) is 4.55. The van der Waals surface area contributed by atoms with Crippen LogP contribution in [0.3, 0.4) is 0 Å². The molecule has 0 amide bonds. The van der Waals surface area contributed by atoms with Crippen molar-refractivity contribution in [2.75, 3.05) is 0 Å². The number of ether oxygens (including phenoxy) is 1. The van der Waals surface area contributed by atoms with Crippen LogP contribution in [0, 0.1) is 32.1 Å². The van der Waals surface area contributed by atoms with Crippen LogP contribution in [0.4, 0.5) is 0 Å². The van der Waals surface area contributed by atoms with E-state index in [0.717, 1.165) is 22.6 Å². The van der Waals surface area contributed by atoms with Crippen LogP contribution in [-0.2, 0) is 9.53 Å². The summed E-state index contributed by atoms with van der Waals surface area (Å²) in [6.07, 6.45) is -1.34. The molecule has 4 rings (SSSR count). The Morgan fingerprint density at radius 2 is 1.53 bits per heavy atom. The van der Waals surface area contributed by atoms with E-state index >= 15 is 0 Å². The Hall–Kier alpha value is -3.99. The van der Waals surface area contributed by atoms with Gasteiger partial charge in [-0.15, -0.1) is 0 Å². The Balaban J connectivity index is 1.97. The van der Waals surface area contributed by atoms with E-state index in [1.807, 2.05) is 38.1 Å². The van der Waals surface area contributed by atoms with Crippen LogP contribution in [-0.4, -0.2) is 26.8 Å². The number of benzene rings is 2. The summed E-state index contributed by atoms with van der Waals surface area (Å²) >= 11 is 6.14. The second-order valence-electron chi connectivity index (χ2n) is 10.1. The van der Waals surface area contributed by atoms with E-state index in [1.165, 1.54) is 0 Å². The maximum Gasteiger partial charge on any atom is 0.337 e. The molecule has 4 aromatic rings. The molecule has 2 aromatic carbocycles. The van der Waals surface area contributed by atoms with Crippen LogP contribution in [0.5, 0.6) is 0 Å². The normalized spacial score (nSPS) is 12.3. The lowest BCUT2D eigenvalue weighted by Crippen LogP contribution is -2.28. The van der Waals surface area contributed by atoms with Crippen LogP contribution in [0.15, 0.2) is 53.1 Å². The van der Waals surface area contributed by atoms with Crippen molar-refractivity contribution < 1.29 is 19.2 Å². The van der Waals surface area contributed by atoms with Crippen LogP contribution in [0.25, 0.3) is 33.5 Å². The number of nitrogens with zero attached hydrogens (tertiary/aromatic N) is 3. The quantitative estimate of drug-likeness (QED) is 0.276. The van der Waals surface area contributed by atoms with Crippen molar-refractivity contribution in [2.24, 2.45) is 0 Å². The highest BCUT2D eigenvalue weighted by Gasteiger charge is 2.33. The molecule has 0 aliphatic heterocycles. The summed E-state index contributed by atoms with van der Waals surface area (Å²) in [5.74, 6) is -0.449. The third-order valence-electron chi connectivity index (χ3n) is 6.11. The van der Waals surface area contributed by atoms with Gasteiger partial charge in [-0.1, -0.05) is 53.2 Å². The molecular weight excluding hydrogens is 502 g/mol. The molecule has 7 nitrogen and oxygen atoms in total. The molecule has 2 heterocycles. The minimum atomic E-state index is -1.34. The smallest absolute Gasteiger partial charge is 0.337 e. The molecule has 0 fully saturated rings. The van der Waals surface area contributed by atoms with E-state index in [-0.39, 0.29) is 5.56 Å². The SMILES string of the molecule is Cc1noc(C)c1-c1ccc(-c2nc(C)c([C@H](OC(C)(C)C)C(=O)O)c(-c3ccc(Cl)cc3)c2C#N)cc1. The first-order chi connectivity index (χ1) is 17.9. The molecular formula is C30H28ClN3O4. The lowest BCUT2D eigenvalue weighted by Gasteiger charge is -2.28. The molecule has 0 aliphatic rings. The predicted octanol–water partition coefficient (Wildman–Crippen LogP) is 7.46. The number of hydrogen-bond donors (Lipinski definition) is 1. The van der Waals surface area contributed by atoms with Crippen molar-refractivity contribution in [1.82, 2.24) is 10.1 Å². The zero-order chi connectivity index (χ0) is 27.8. The third kappa shape index (κ3) is 5.33. The number of nitriles is 1. The molecule has 0 saturated carbocycles. The summed E-state index contributed by atoms with van der Waals surface area (Å²) in [6, 6.07) is 16.9. The van der Waals surface area contributed by atoms with Gasteiger partial charge in [0.25, 0.3) is 0 Å². The fourth-order valence-corrected chi connectivity index (χ4v) is 4.67. The number of hydrogen-bond acceptors (Lipinski definition) is 6. The number of rotatable bonds is 6. The Bertz CT molecular complexity index is 1520. The van der Waals surface area contributed by atoms with Crippen molar-refractivity contribution in [3.8, 4) is 39.6 Å². The molecule has 0 bridgehead atoms. The molecule has 0 saturated heterocycles. The number of pyridine rings is 1. The molecule has 0 unspecified atom stereocenters. The van der Waals surface area contributed by atoms with E-state index in [0.29, 0.717) is 38.7 Å². The number of halogens is 1. The first kappa shape index (κ1) is 27.1. The average Bonchev–Trinajstić information content (AvgIpc) is 3.19. The predicted molar refractivity (Wildman–Crippen MR) is 146 cm³/mol. The van der Waals surface area contributed by atoms with Gasteiger partial charge in [-0.3, -0.25) is 4.98 Å². The van der Waals surface area contributed by atoms with Gasteiger partial charge in [0.1, 0.15) is 11.8 Å². The second kappa shape index (κ2) is 10.4. The zero-order valence-electron chi connectivity index (χ0n) is 22.1. The van der Waals surface area contributed by atoms with E-state index < -0.39 is 17.7 Å². The Morgan fingerprint density at radius 3 is 2.03 bits per heavy atom. The van der Waals surface area contributed by atoms with Gasteiger partial charge in [-0.25, -0.2) is 4.79 Å². The lowest BCUT2D eigenvalue weighted by atomic mass is 9.88. The van der Waals surface area contributed by atoms with E-state index in [4.69, 9.17) is 25.8 Å². The molecule has 8 heteroatoms. The van der Waals surface area contributed by atoms with Crippen LogP contribution in [0.2, 0.25) is 5.02 Å². The van der Waals surface area contributed by atoms with E-state index in [2.05, 4.69) is 11.2 Å². The van der Waals surface area contributed by atoms with Crippen molar-refractivity contribution in [3.63, 3.8) is 0 Å². The van der Waals surface area contributed by atoms with Crippen LogP contribution in [0.1, 0.15) is 55.2 Å². The zero-order valence-corrected chi connectivity index (χ0v) is 22.8. The van der Waals surface area contributed by atoms with E-state index in [9.17, 15) is 15.2 Å². The summed E-state index contributed by atoms with van der Waals surface area (Å²) in [4.78, 5) is 17.2. The number of aromatic nitrogens is 2. The second-order valence-corrected chi connectivity index (χ2v) is 10.5. The molecule has 0 aliphatic carbocycles. The van der Waals surface area contributed by atoms with E-state index in [1.54, 1.807) is 52.0 Å². The van der Waals surface area contributed by atoms with Gasteiger partial charge >= 0.3 is 5.97 Å². The molecule has 194 valence electrons. The molecule has 38 heavy (non-hydrogen) atoms. The fraction of sp³-hybridized carbons (Fsp3) is 0.267. The summed E-state index contributed by atoms with van der Waals surface area (Å²) in [5.41, 5.74) is 5.18. The lowest BCUT2D eigenvalue weighted by molar-refractivity contribution is -0.160. The topological polar surface area (TPSA) is 109 Å². The summed E-state index contributed by atoms with van der Waals surface area (Å²) in [6.45, 7) is 10.8. The maximum atomic E-state index is 12.5. The molecule has 0 radical (unpaired) electrons. The first-order valence-electron chi connectivity index (χ1n) is 12.1.